The summed E-state index contributed by atoms with van der Waals surface area (Å²) in [6.07, 6.45) is 0.462. The molecule has 2 N–H and O–H groups in total. The average molecular weight is 437 g/mol. The normalized spacial score (nSPS) is 12.1. The van der Waals surface area contributed by atoms with Gasteiger partial charge in [-0.2, -0.15) is 4.98 Å². The number of nitrogens with zero attached hydrogens (tertiary/aromatic N) is 2. The van der Waals surface area contributed by atoms with Crippen molar-refractivity contribution in [3.05, 3.63) is 80.9 Å². The quantitative estimate of drug-likeness (QED) is 0.468. The number of hydrogen-bond acceptors (Lipinski definition) is 5. The Balaban J connectivity index is 1.41. The van der Waals surface area contributed by atoms with Crippen LogP contribution in [0.4, 0.5) is 0 Å². The molecule has 1 amide bonds. The first kappa shape index (κ1) is 20.8. The fraction of sp³-hybridized carbons (Fsp3) is 0.217. The average Bonchev–Trinajstić information content (AvgIpc) is 3.21. The Kier molecular flexibility index (Phi) is 5.86. The standard InChI is InChI=1S/C23H21ClN4O3/c1-13-3-4-16-12-18(23(30)26-19(16)11-13)22-27-21(31-28-22)10-9-20(29)25-14(2)15-5-7-17(24)8-6-15/h3-8,11-12,14H,9-10H2,1-2H3,(H,25,29)(H,26,30)/t14-/m1/s1. The van der Waals surface area contributed by atoms with Gasteiger partial charge in [0.15, 0.2) is 0 Å². The lowest BCUT2D eigenvalue weighted by Gasteiger charge is -2.14. The van der Waals surface area contributed by atoms with Gasteiger partial charge < -0.3 is 14.8 Å². The van der Waals surface area contributed by atoms with E-state index in [9.17, 15) is 9.59 Å². The molecule has 158 valence electrons. The molecule has 0 bridgehead atoms. The molecule has 0 aliphatic heterocycles. The summed E-state index contributed by atoms with van der Waals surface area (Å²) in [5, 5.41) is 8.37. The highest BCUT2D eigenvalue weighted by atomic mass is 35.5. The molecular weight excluding hydrogens is 416 g/mol. The number of rotatable bonds is 6. The zero-order chi connectivity index (χ0) is 22.0. The van der Waals surface area contributed by atoms with Crippen LogP contribution in [0.5, 0.6) is 0 Å². The maximum Gasteiger partial charge on any atom is 0.259 e. The first-order valence-electron chi connectivity index (χ1n) is 9.90. The molecule has 7 nitrogen and oxygen atoms in total. The van der Waals surface area contributed by atoms with E-state index >= 15 is 0 Å². The molecule has 2 aromatic carbocycles. The summed E-state index contributed by atoms with van der Waals surface area (Å²) in [6.45, 7) is 3.86. The molecule has 8 heteroatoms. The van der Waals surface area contributed by atoms with Gasteiger partial charge in [-0.05, 0) is 54.6 Å². The lowest BCUT2D eigenvalue weighted by atomic mass is 10.1. The minimum atomic E-state index is -0.292. The number of H-pyrrole nitrogens is 1. The van der Waals surface area contributed by atoms with Crippen LogP contribution in [0.15, 0.2) is 57.8 Å². The molecule has 2 heterocycles. The molecule has 31 heavy (non-hydrogen) atoms. The van der Waals surface area contributed by atoms with Crippen molar-refractivity contribution in [2.45, 2.75) is 32.7 Å². The van der Waals surface area contributed by atoms with E-state index < -0.39 is 0 Å². The van der Waals surface area contributed by atoms with E-state index in [4.69, 9.17) is 16.1 Å². The summed E-state index contributed by atoms with van der Waals surface area (Å²) < 4.78 is 5.25. The van der Waals surface area contributed by atoms with Crippen LogP contribution in [0, 0.1) is 6.92 Å². The number of hydrogen-bond donors (Lipinski definition) is 2. The minimum Gasteiger partial charge on any atom is -0.350 e. The van der Waals surface area contributed by atoms with E-state index in [0.29, 0.717) is 16.5 Å². The van der Waals surface area contributed by atoms with Crippen molar-refractivity contribution in [1.29, 1.82) is 0 Å². The molecule has 2 aromatic heterocycles. The van der Waals surface area contributed by atoms with E-state index in [-0.39, 0.29) is 36.2 Å². The minimum absolute atomic E-state index is 0.138. The molecule has 4 rings (SSSR count). The summed E-state index contributed by atoms with van der Waals surface area (Å²) in [6, 6.07) is 14.7. The second-order valence-corrected chi connectivity index (χ2v) is 7.89. The molecule has 0 fully saturated rings. The predicted octanol–water partition coefficient (Wildman–Crippen LogP) is 4.35. The summed E-state index contributed by atoms with van der Waals surface area (Å²) in [7, 11) is 0. The SMILES string of the molecule is Cc1ccc2cc(-c3noc(CCC(=O)N[C@H](C)c4ccc(Cl)cc4)n3)c(=O)[nH]c2c1. The Bertz CT molecular complexity index is 1290. The lowest BCUT2D eigenvalue weighted by Crippen LogP contribution is -2.26. The van der Waals surface area contributed by atoms with Crippen molar-refractivity contribution in [2.24, 2.45) is 0 Å². The topological polar surface area (TPSA) is 101 Å². The summed E-state index contributed by atoms with van der Waals surface area (Å²) in [5.41, 5.74) is 2.81. The van der Waals surface area contributed by atoms with Crippen LogP contribution in [0.2, 0.25) is 5.02 Å². The van der Waals surface area contributed by atoms with Gasteiger partial charge in [0.1, 0.15) is 0 Å². The van der Waals surface area contributed by atoms with Crippen LogP contribution in [0.1, 0.15) is 36.4 Å². The molecule has 4 aromatic rings. The van der Waals surface area contributed by atoms with Gasteiger partial charge in [-0.25, -0.2) is 0 Å². The number of aryl methyl sites for hydroxylation is 2. The molecule has 1 atom stereocenters. The highest BCUT2D eigenvalue weighted by Crippen LogP contribution is 2.19. The van der Waals surface area contributed by atoms with Crippen molar-refractivity contribution in [1.82, 2.24) is 20.4 Å². The van der Waals surface area contributed by atoms with Crippen LogP contribution in [-0.2, 0) is 11.2 Å². The van der Waals surface area contributed by atoms with Gasteiger partial charge in [-0.3, -0.25) is 9.59 Å². The predicted molar refractivity (Wildman–Crippen MR) is 119 cm³/mol. The van der Waals surface area contributed by atoms with Crippen LogP contribution in [0.3, 0.4) is 0 Å². The number of benzene rings is 2. The molecule has 0 unspecified atom stereocenters. The fourth-order valence-corrected chi connectivity index (χ4v) is 3.44. The first-order chi connectivity index (χ1) is 14.9. The van der Waals surface area contributed by atoms with Crippen LogP contribution < -0.4 is 10.9 Å². The third-order valence-corrected chi connectivity index (χ3v) is 5.28. The number of nitrogens with one attached hydrogen (secondary N) is 2. The summed E-state index contributed by atoms with van der Waals surface area (Å²) in [4.78, 5) is 31.9. The van der Waals surface area contributed by atoms with Gasteiger partial charge in [0.2, 0.25) is 17.6 Å². The summed E-state index contributed by atoms with van der Waals surface area (Å²) >= 11 is 5.90. The van der Waals surface area contributed by atoms with Crippen molar-refractivity contribution >= 4 is 28.4 Å². The van der Waals surface area contributed by atoms with Crippen LogP contribution in [-0.4, -0.2) is 21.0 Å². The lowest BCUT2D eigenvalue weighted by molar-refractivity contribution is -0.121. The third kappa shape index (κ3) is 4.83. The van der Waals surface area contributed by atoms with E-state index in [2.05, 4.69) is 20.4 Å². The van der Waals surface area contributed by atoms with Crippen LogP contribution >= 0.6 is 11.6 Å². The molecule has 0 spiro atoms. The van der Waals surface area contributed by atoms with Gasteiger partial charge in [-0.15, -0.1) is 0 Å². The van der Waals surface area contributed by atoms with E-state index in [1.54, 1.807) is 18.2 Å². The van der Waals surface area contributed by atoms with Crippen molar-refractivity contribution in [3.63, 3.8) is 0 Å². The Morgan fingerprint density at radius 2 is 1.97 bits per heavy atom. The van der Waals surface area contributed by atoms with Gasteiger partial charge in [-0.1, -0.05) is 41.0 Å². The zero-order valence-corrected chi connectivity index (χ0v) is 17.9. The fourth-order valence-electron chi connectivity index (χ4n) is 3.32. The maximum atomic E-state index is 12.4. The Morgan fingerprint density at radius 3 is 2.74 bits per heavy atom. The maximum absolute atomic E-state index is 12.4. The molecule has 0 radical (unpaired) electrons. The number of pyridine rings is 1. The van der Waals surface area contributed by atoms with E-state index in [0.717, 1.165) is 22.0 Å². The number of carbonyl (C=O) groups excluding carboxylic acids is 1. The molecular formula is C23H21ClN4O3. The molecule has 0 aliphatic rings. The smallest absolute Gasteiger partial charge is 0.259 e. The van der Waals surface area contributed by atoms with Crippen molar-refractivity contribution < 1.29 is 9.32 Å². The monoisotopic (exact) mass is 436 g/mol. The highest BCUT2D eigenvalue weighted by molar-refractivity contribution is 6.30. The second-order valence-electron chi connectivity index (χ2n) is 7.46. The molecule has 0 saturated heterocycles. The Morgan fingerprint density at radius 1 is 1.19 bits per heavy atom. The molecule has 0 aliphatic carbocycles. The summed E-state index contributed by atoms with van der Waals surface area (Å²) in [5.74, 6) is 0.363. The zero-order valence-electron chi connectivity index (χ0n) is 17.1. The number of halogens is 1. The Labute approximate surface area is 183 Å². The third-order valence-electron chi connectivity index (χ3n) is 5.02. The molecule has 0 saturated carbocycles. The van der Waals surface area contributed by atoms with E-state index in [1.165, 1.54) is 0 Å². The number of fused-ring (bicyclic) bond motifs is 1. The van der Waals surface area contributed by atoms with Gasteiger partial charge in [0, 0.05) is 23.4 Å². The van der Waals surface area contributed by atoms with Crippen LogP contribution in [0.25, 0.3) is 22.3 Å². The second kappa shape index (κ2) is 8.73. The Hall–Kier alpha value is -3.45. The van der Waals surface area contributed by atoms with Gasteiger partial charge in [0.05, 0.1) is 11.6 Å². The highest BCUT2D eigenvalue weighted by Gasteiger charge is 2.15. The van der Waals surface area contributed by atoms with Crippen molar-refractivity contribution in [3.8, 4) is 11.4 Å². The van der Waals surface area contributed by atoms with Gasteiger partial charge in [0.25, 0.3) is 5.56 Å². The number of aromatic nitrogens is 3. The van der Waals surface area contributed by atoms with Gasteiger partial charge >= 0.3 is 0 Å². The largest absolute Gasteiger partial charge is 0.350 e. The number of amides is 1. The number of aromatic amines is 1. The van der Waals surface area contributed by atoms with Crippen molar-refractivity contribution in [2.75, 3.05) is 0 Å². The van der Waals surface area contributed by atoms with E-state index in [1.807, 2.05) is 44.2 Å². The first-order valence-corrected chi connectivity index (χ1v) is 10.3. The number of carbonyl (C=O) groups is 1.